The van der Waals surface area contributed by atoms with Crippen LogP contribution in [0.2, 0.25) is 0 Å². The minimum absolute atomic E-state index is 0.203. The molecule has 98 valence electrons. The van der Waals surface area contributed by atoms with Gasteiger partial charge in [-0.3, -0.25) is 0 Å². The highest BCUT2D eigenvalue weighted by atomic mass is 19.1. The van der Waals surface area contributed by atoms with Gasteiger partial charge in [-0.2, -0.15) is 0 Å². The zero-order valence-electron chi connectivity index (χ0n) is 10.7. The third-order valence-corrected chi connectivity index (χ3v) is 4.03. The Morgan fingerprint density at radius 3 is 2.32 bits per heavy atom. The molecular weight excluding hydrogens is 239 g/mol. The first-order chi connectivity index (χ1) is 9.18. The van der Waals surface area contributed by atoms with E-state index in [2.05, 4.69) is 0 Å². The molecule has 2 nitrogen and oxygen atoms in total. The highest BCUT2D eigenvalue weighted by molar-refractivity contribution is 5.72. The van der Waals surface area contributed by atoms with E-state index < -0.39 is 0 Å². The Balaban J connectivity index is 2.23. The normalized spacial score (nSPS) is 16.3. The summed E-state index contributed by atoms with van der Waals surface area (Å²) in [4.78, 5) is 0. The maximum Gasteiger partial charge on any atom is 0.150 e. The highest BCUT2D eigenvalue weighted by Gasteiger charge is 2.46. The fourth-order valence-electron chi connectivity index (χ4n) is 2.68. The Labute approximate surface area is 112 Å². The summed E-state index contributed by atoms with van der Waals surface area (Å²) < 4.78 is 14.5. The molecule has 0 atom stereocenters. The molecule has 0 saturated heterocycles. The van der Waals surface area contributed by atoms with E-state index in [-0.39, 0.29) is 16.9 Å². The zero-order valence-corrected chi connectivity index (χ0v) is 10.7. The summed E-state index contributed by atoms with van der Waals surface area (Å²) in [6.07, 6.45) is 1.87. The Kier molecular flexibility index (Phi) is 2.79. The van der Waals surface area contributed by atoms with Crippen molar-refractivity contribution in [1.82, 2.24) is 0 Å². The molecule has 1 aliphatic carbocycles. The van der Waals surface area contributed by atoms with E-state index in [0.29, 0.717) is 12.1 Å². The average molecular weight is 256 g/mol. The Morgan fingerprint density at radius 1 is 1.05 bits per heavy atom. The van der Waals surface area contributed by atoms with Gasteiger partial charge in [-0.15, -0.1) is 0 Å². The molecule has 0 bridgehead atoms. The van der Waals surface area contributed by atoms with Crippen LogP contribution >= 0.6 is 0 Å². The van der Waals surface area contributed by atoms with Crippen molar-refractivity contribution in [2.45, 2.75) is 18.3 Å². The molecule has 3 rings (SSSR count). The van der Waals surface area contributed by atoms with Gasteiger partial charge in [-0.05, 0) is 30.0 Å². The molecule has 0 aromatic heterocycles. The second-order valence-electron chi connectivity index (χ2n) is 5.24. The fraction of sp³-hybridized carbons (Fsp3) is 0.250. The van der Waals surface area contributed by atoms with Gasteiger partial charge >= 0.3 is 0 Å². The average Bonchev–Trinajstić information content (AvgIpc) is 3.23. The number of benzene rings is 2. The van der Waals surface area contributed by atoms with Crippen molar-refractivity contribution < 1.29 is 4.39 Å². The molecule has 2 aromatic carbocycles. The van der Waals surface area contributed by atoms with Crippen LogP contribution < -0.4 is 11.5 Å². The number of rotatable bonds is 3. The molecule has 0 aliphatic heterocycles. The van der Waals surface area contributed by atoms with Crippen LogP contribution in [-0.4, -0.2) is 6.54 Å². The van der Waals surface area contributed by atoms with Gasteiger partial charge in [-0.25, -0.2) is 4.39 Å². The largest absolute Gasteiger partial charge is 0.396 e. The molecule has 3 heteroatoms. The topological polar surface area (TPSA) is 52.0 Å². The van der Waals surface area contributed by atoms with E-state index in [1.807, 2.05) is 36.4 Å². The molecule has 2 aromatic rings. The van der Waals surface area contributed by atoms with Crippen molar-refractivity contribution in [2.75, 3.05) is 12.3 Å². The summed E-state index contributed by atoms with van der Waals surface area (Å²) in [5, 5.41) is 0. The number of nitrogens with two attached hydrogens (primary N) is 2. The monoisotopic (exact) mass is 256 g/mol. The van der Waals surface area contributed by atoms with E-state index in [1.54, 1.807) is 6.07 Å². The molecule has 1 fully saturated rings. The first-order valence-electron chi connectivity index (χ1n) is 6.52. The quantitative estimate of drug-likeness (QED) is 0.829. The van der Waals surface area contributed by atoms with Crippen molar-refractivity contribution >= 4 is 5.69 Å². The van der Waals surface area contributed by atoms with Gasteiger partial charge in [0, 0.05) is 17.5 Å². The number of hydrogen-bond donors (Lipinski definition) is 2. The fourth-order valence-corrected chi connectivity index (χ4v) is 2.68. The second kappa shape index (κ2) is 4.35. The number of halogens is 1. The van der Waals surface area contributed by atoms with Gasteiger partial charge in [0.25, 0.3) is 0 Å². The third kappa shape index (κ3) is 1.90. The first kappa shape index (κ1) is 12.2. The molecule has 1 aliphatic rings. The summed E-state index contributed by atoms with van der Waals surface area (Å²) in [6.45, 7) is 0.465. The summed E-state index contributed by atoms with van der Waals surface area (Å²) in [7, 11) is 0. The van der Waals surface area contributed by atoms with E-state index >= 15 is 0 Å². The minimum Gasteiger partial charge on any atom is -0.396 e. The molecule has 0 amide bonds. The van der Waals surface area contributed by atoms with Crippen LogP contribution in [0.3, 0.4) is 0 Å². The summed E-state index contributed by atoms with van der Waals surface area (Å²) in [5.41, 5.74) is 14.2. The highest BCUT2D eigenvalue weighted by Crippen LogP contribution is 2.52. The van der Waals surface area contributed by atoms with Crippen molar-refractivity contribution in [1.29, 1.82) is 0 Å². The van der Waals surface area contributed by atoms with E-state index in [1.165, 1.54) is 0 Å². The molecule has 1 saturated carbocycles. The Hall–Kier alpha value is -1.87. The van der Waals surface area contributed by atoms with Crippen molar-refractivity contribution in [3.63, 3.8) is 0 Å². The lowest BCUT2D eigenvalue weighted by Gasteiger charge is -2.20. The van der Waals surface area contributed by atoms with Crippen LogP contribution in [0.15, 0.2) is 42.5 Å². The van der Waals surface area contributed by atoms with E-state index in [4.69, 9.17) is 11.5 Å². The van der Waals surface area contributed by atoms with Crippen molar-refractivity contribution in [2.24, 2.45) is 5.73 Å². The molecule has 4 N–H and O–H groups in total. The van der Waals surface area contributed by atoms with Gasteiger partial charge in [-0.1, -0.05) is 36.4 Å². The molecule has 0 heterocycles. The molecule has 0 spiro atoms. The van der Waals surface area contributed by atoms with Crippen LogP contribution in [0.25, 0.3) is 11.1 Å². The molecular formula is C16H17FN2. The van der Waals surface area contributed by atoms with Crippen LogP contribution in [0.5, 0.6) is 0 Å². The standard InChI is InChI=1S/C16H17FN2/c17-15-13(19)7-6-12(11-4-2-1-3-5-11)14(15)16(10-18)8-9-16/h1-7H,8-10,18-19H2. The third-order valence-electron chi connectivity index (χ3n) is 4.03. The van der Waals surface area contributed by atoms with Gasteiger partial charge in [0.1, 0.15) is 5.82 Å². The first-order valence-corrected chi connectivity index (χ1v) is 6.52. The molecule has 19 heavy (non-hydrogen) atoms. The van der Waals surface area contributed by atoms with Gasteiger partial charge in [0.2, 0.25) is 0 Å². The molecule has 0 unspecified atom stereocenters. The van der Waals surface area contributed by atoms with Crippen LogP contribution in [0.4, 0.5) is 10.1 Å². The van der Waals surface area contributed by atoms with Gasteiger partial charge in [0.15, 0.2) is 0 Å². The smallest absolute Gasteiger partial charge is 0.150 e. The maximum atomic E-state index is 14.5. The lowest BCUT2D eigenvalue weighted by atomic mass is 9.87. The lowest BCUT2D eigenvalue weighted by Crippen LogP contribution is -2.22. The van der Waals surface area contributed by atoms with Crippen molar-refractivity contribution in [3.05, 3.63) is 53.8 Å². The second-order valence-corrected chi connectivity index (χ2v) is 5.24. The lowest BCUT2D eigenvalue weighted by molar-refractivity contribution is 0.578. The molecule has 0 radical (unpaired) electrons. The summed E-state index contributed by atoms with van der Waals surface area (Å²) in [5.74, 6) is -0.302. The number of nitrogen functional groups attached to an aromatic ring is 1. The number of anilines is 1. The predicted octanol–water partition coefficient (Wildman–Crippen LogP) is 3.07. The van der Waals surface area contributed by atoms with Gasteiger partial charge < -0.3 is 11.5 Å². The predicted molar refractivity (Wildman–Crippen MR) is 76.2 cm³/mol. The van der Waals surface area contributed by atoms with E-state index in [0.717, 1.165) is 24.0 Å². The number of hydrogen-bond acceptors (Lipinski definition) is 2. The van der Waals surface area contributed by atoms with Crippen LogP contribution in [0, 0.1) is 5.82 Å². The maximum absolute atomic E-state index is 14.5. The van der Waals surface area contributed by atoms with Crippen molar-refractivity contribution in [3.8, 4) is 11.1 Å². The van der Waals surface area contributed by atoms with Crippen LogP contribution in [0.1, 0.15) is 18.4 Å². The zero-order chi connectivity index (χ0) is 13.5. The van der Waals surface area contributed by atoms with Crippen LogP contribution in [-0.2, 0) is 5.41 Å². The summed E-state index contributed by atoms with van der Waals surface area (Å²) >= 11 is 0. The Bertz CT molecular complexity index is 604. The summed E-state index contributed by atoms with van der Waals surface area (Å²) in [6, 6.07) is 13.4. The van der Waals surface area contributed by atoms with E-state index in [9.17, 15) is 4.39 Å². The SMILES string of the molecule is NCC1(c2c(-c3ccccc3)ccc(N)c2F)CC1. The Morgan fingerprint density at radius 2 is 1.74 bits per heavy atom. The minimum atomic E-state index is -0.302. The van der Waals surface area contributed by atoms with Gasteiger partial charge in [0.05, 0.1) is 5.69 Å².